The summed E-state index contributed by atoms with van der Waals surface area (Å²) < 4.78 is 0. The molecule has 24 heavy (non-hydrogen) atoms. The molecule has 0 atom stereocenters. The summed E-state index contributed by atoms with van der Waals surface area (Å²) in [6.07, 6.45) is 1.03. The molecule has 0 aliphatic carbocycles. The Hall–Kier alpha value is -1.98. The Bertz CT molecular complexity index is 853. The molecular formula is C19H23N3OS. The average Bonchev–Trinajstić information content (AvgIpc) is 2.98. The highest BCUT2D eigenvalue weighted by molar-refractivity contribution is 7.17. The van der Waals surface area contributed by atoms with E-state index in [0.29, 0.717) is 0 Å². The van der Waals surface area contributed by atoms with E-state index in [-0.39, 0.29) is 6.61 Å². The van der Waals surface area contributed by atoms with Gasteiger partial charge in [-0.25, -0.2) is 9.97 Å². The number of benzene rings is 1. The van der Waals surface area contributed by atoms with Crippen LogP contribution in [0.25, 0.3) is 21.3 Å². The first-order valence-corrected chi connectivity index (χ1v) is 9.05. The number of hydrogen-bond donors (Lipinski definition) is 2. The molecule has 3 rings (SSSR count). The van der Waals surface area contributed by atoms with Gasteiger partial charge in [0.1, 0.15) is 16.5 Å². The molecule has 0 fully saturated rings. The lowest BCUT2D eigenvalue weighted by Crippen LogP contribution is -2.35. The second-order valence-corrected chi connectivity index (χ2v) is 7.52. The van der Waals surface area contributed by atoms with E-state index in [4.69, 9.17) is 0 Å². The van der Waals surface area contributed by atoms with E-state index in [1.807, 2.05) is 20.8 Å². The van der Waals surface area contributed by atoms with Crippen LogP contribution in [-0.4, -0.2) is 27.2 Å². The minimum absolute atomic E-state index is 0.0300. The molecule has 0 saturated heterocycles. The van der Waals surface area contributed by atoms with E-state index < -0.39 is 5.54 Å². The van der Waals surface area contributed by atoms with E-state index >= 15 is 0 Å². The maximum absolute atomic E-state index is 9.59. The number of hydrogen-bond acceptors (Lipinski definition) is 5. The standard InChI is InChI=1S/C19H23N3OS/c1-5-13-6-8-14(9-7-13)15-10-24-18-16(15)17(20-12(2)21-18)22-19(3,4)11-23/h6-10,23H,5,11H2,1-4H3,(H,20,21,22). The number of rotatable bonds is 5. The van der Waals surface area contributed by atoms with Gasteiger partial charge >= 0.3 is 0 Å². The van der Waals surface area contributed by atoms with Crippen LogP contribution in [0.15, 0.2) is 29.6 Å². The summed E-state index contributed by atoms with van der Waals surface area (Å²) >= 11 is 1.63. The molecule has 5 heteroatoms. The second-order valence-electron chi connectivity index (χ2n) is 6.67. The fourth-order valence-corrected chi connectivity index (χ4v) is 3.62. The van der Waals surface area contributed by atoms with Gasteiger partial charge < -0.3 is 10.4 Å². The molecule has 0 bridgehead atoms. The monoisotopic (exact) mass is 341 g/mol. The summed E-state index contributed by atoms with van der Waals surface area (Å²) in [6, 6.07) is 8.64. The van der Waals surface area contributed by atoms with Gasteiger partial charge in [0, 0.05) is 10.9 Å². The van der Waals surface area contributed by atoms with Crippen molar-refractivity contribution in [3.8, 4) is 11.1 Å². The normalized spacial score (nSPS) is 11.9. The molecular weight excluding hydrogens is 318 g/mol. The van der Waals surface area contributed by atoms with Gasteiger partial charge in [0.2, 0.25) is 0 Å². The molecule has 2 aromatic heterocycles. The Labute approximate surface area is 146 Å². The fourth-order valence-electron chi connectivity index (χ4n) is 2.63. The fraction of sp³-hybridized carbons (Fsp3) is 0.368. The van der Waals surface area contributed by atoms with E-state index in [1.54, 1.807) is 11.3 Å². The van der Waals surface area contributed by atoms with Crippen molar-refractivity contribution in [2.45, 2.75) is 39.7 Å². The first-order chi connectivity index (χ1) is 11.4. The lowest BCUT2D eigenvalue weighted by molar-refractivity contribution is 0.234. The number of aliphatic hydroxyl groups is 1. The first-order valence-electron chi connectivity index (χ1n) is 8.17. The van der Waals surface area contributed by atoms with Crippen LogP contribution in [-0.2, 0) is 6.42 Å². The maximum atomic E-state index is 9.59. The molecule has 0 amide bonds. The topological polar surface area (TPSA) is 58.0 Å². The SMILES string of the molecule is CCc1ccc(-c2csc3nc(C)nc(NC(C)(C)CO)c23)cc1. The van der Waals surface area contributed by atoms with Crippen LogP contribution in [0, 0.1) is 6.92 Å². The van der Waals surface area contributed by atoms with Gasteiger partial charge in [-0.1, -0.05) is 31.2 Å². The van der Waals surface area contributed by atoms with E-state index in [9.17, 15) is 5.11 Å². The maximum Gasteiger partial charge on any atom is 0.139 e. The number of nitrogens with one attached hydrogen (secondary N) is 1. The number of nitrogens with zero attached hydrogens (tertiary/aromatic N) is 2. The van der Waals surface area contributed by atoms with Crippen LogP contribution >= 0.6 is 11.3 Å². The van der Waals surface area contributed by atoms with Gasteiger partial charge in [-0.3, -0.25) is 0 Å². The lowest BCUT2D eigenvalue weighted by atomic mass is 10.0. The Kier molecular flexibility index (Phi) is 4.56. The van der Waals surface area contributed by atoms with Gasteiger partial charge in [-0.05, 0) is 38.3 Å². The molecule has 3 aromatic rings. The zero-order valence-corrected chi connectivity index (χ0v) is 15.4. The van der Waals surface area contributed by atoms with Crippen molar-refractivity contribution in [1.82, 2.24) is 9.97 Å². The second kappa shape index (κ2) is 6.49. The van der Waals surface area contributed by atoms with E-state index in [2.05, 4.69) is 51.9 Å². The summed E-state index contributed by atoms with van der Waals surface area (Å²) in [5.41, 5.74) is 3.17. The predicted octanol–water partition coefficient (Wildman–Crippen LogP) is 4.41. The first kappa shape index (κ1) is 16.9. The molecule has 1 aromatic carbocycles. The number of aryl methyl sites for hydroxylation is 2. The largest absolute Gasteiger partial charge is 0.394 e. The summed E-state index contributed by atoms with van der Waals surface area (Å²) in [6.45, 7) is 8.00. The molecule has 0 spiro atoms. The van der Waals surface area contributed by atoms with E-state index in [0.717, 1.165) is 39.4 Å². The number of anilines is 1. The number of fused-ring (bicyclic) bond motifs is 1. The van der Waals surface area contributed by atoms with Crippen molar-refractivity contribution in [3.63, 3.8) is 0 Å². The Balaban J connectivity index is 2.15. The van der Waals surface area contributed by atoms with Gasteiger partial charge in [-0.15, -0.1) is 11.3 Å². The lowest BCUT2D eigenvalue weighted by Gasteiger charge is -2.25. The molecule has 0 unspecified atom stereocenters. The van der Waals surface area contributed by atoms with E-state index in [1.165, 1.54) is 5.56 Å². The third-order valence-corrected chi connectivity index (χ3v) is 4.94. The summed E-state index contributed by atoms with van der Waals surface area (Å²) in [5, 5.41) is 16.1. The van der Waals surface area contributed by atoms with Crippen molar-refractivity contribution in [2.24, 2.45) is 0 Å². The average molecular weight is 341 g/mol. The zero-order valence-electron chi connectivity index (χ0n) is 14.6. The van der Waals surface area contributed by atoms with Crippen LogP contribution in [0.1, 0.15) is 32.2 Å². The molecule has 0 saturated carbocycles. The molecule has 126 valence electrons. The minimum Gasteiger partial charge on any atom is -0.394 e. The van der Waals surface area contributed by atoms with Crippen LogP contribution in [0.2, 0.25) is 0 Å². The molecule has 4 nitrogen and oxygen atoms in total. The van der Waals surface area contributed by atoms with Gasteiger partial charge in [0.15, 0.2) is 0 Å². The van der Waals surface area contributed by atoms with Crippen molar-refractivity contribution in [2.75, 3.05) is 11.9 Å². The van der Waals surface area contributed by atoms with Gasteiger partial charge in [-0.2, -0.15) is 0 Å². The number of aliphatic hydroxyl groups excluding tert-OH is 1. The Morgan fingerprint density at radius 2 is 1.88 bits per heavy atom. The van der Waals surface area contributed by atoms with Crippen LogP contribution in [0.3, 0.4) is 0 Å². The van der Waals surface area contributed by atoms with Crippen molar-refractivity contribution < 1.29 is 5.11 Å². The molecule has 2 heterocycles. The highest BCUT2D eigenvalue weighted by Gasteiger charge is 2.21. The number of thiophene rings is 1. The molecule has 0 aliphatic rings. The molecule has 0 radical (unpaired) electrons. The highest BCUT2D eigenvalue weighted by Crippen LogP contribution is 2.37. The number of aromatic nitrogens is 2. The van der Waals surface area contributed by atoms with Crippen molar-refractivity contribution in [3.05, 3.63) is 41.0 Å². The molecule has 0 aliphatic heterocycles. The van der Waals surface area contributed by atoms with Gasteiger partial charge in [0.05, 0.1) is 17.5 Å². The highest BCUT2D eigenvalue weighted by atomic mass is 32.1. The van der Waals surface area contributed by atoms with Crippen LogP contribution < -0.4 is 5.32 Å². The third kappa shape index (κ3) is 3.28. The third-order valence-electron chi connectivity index (χ3n) is 4.07. The zero-order chi connectivity index (χ0) is 17.3. The smallest absolute Gasteiger partial charge is 0.139 e. The van der Waals surface area contributed by atoms with Crippen LogP contribution in [0.5, 0.6) is 0 Å². The predicted molar refractivity (Wildman–Crippen MR) is 102 cm³/mol. The van der Waals surface area contributed by atoms with Crippen molar-refractivity contribution >= 4 is 27.4 Å². The Morgan fingerprint density at radius 1 is 1.17 bits per heavy atom. The summed E-state index contributed by atoms with van der Waals surface area (Å²) in [7, 11) is 0. The van der Waals surface area contributed by atoms with Crippen LogP contribution in [0.4, 0.5) is 5.82 Å². The summed E-state index contributed by atoms with van der Waals surface area (Å²) in [5.74, 6) is 1.51. The summed E-state index contributed by atoms with van der Waals surface area (Å²) in [4.78, 5) is 10.1. The minimum atomic E-state index is -0.445. The Morgan fingerprint density at radius 3 is 2.50 bits per heavy atom. The molecule has 2 N–H and O–H groups in total. The quantitative estimate of drug-likeness (QED) is 0.721. The van der Waals surface area contributed by atoms with Gasteiger partial charge in [0.25, 0.3) is 0 Å². The van der Waals surface area contributed by atoms with Crippen molar-refractivity contribution in [1.29, 1.82) is 0 Å².